The molecular weight excluding hydrogens is 458 g/mol. The summed E-state index contributed by atoms with van der Waals surface area (Å²) in [7, 11) is 0. The number of halogens is 1. The summed E-state index contributed by atoms with van der Waals surface area (Å²) in [6, 6.07) is 10.5. The summed E-state index contributed by atoms with van der Waals surface area (Å²) < 4.78 is 1.35. The van der Waals surface area contributed by atoms with Crippen LogP contribution >= 0.6 is 11.6 Å². The number of amides is 3. The molecule has 3 aromatic rings. The van der Waals surface area contributed by atoms with Crippen LogP contribution in [0.4, 0.5) is 15.3 Å². The van der Waals surface area contributed by atoms with E-state index in [9.17, 15) is 19.5 Å². The lowest BCUT2D eigenvalue weighted by molar-refractivity contribution is 0.0719. The van der Waals surface area contributed by atoms with Crippen molar-refractivity contribution in [3.63, 3.8) is 0 Å². The minimum absolute atomic E-state index is 0.222. The van der Waals surface area contributed by atoms with Gasteiger partial charge in [0.1, 0.15) is 5.82 Å². The van der Waals surface area contributed by atoms with E-state index in [1.807, 2.05) is 0 Å². The number of fused-ring (bicyclic) bond motifs is 1. The van der Waals surface area contributed by atoms with Gasteiger partial charge in [-0.25, -0.2) is 14.6 Å². The van der Waals surface area contributed by atoms with Gasteiger partial charge in [0.2, 0.25) is 0 Å². The zero-order valence-corrected chi connectivity index (χ0v) is 20.5. The molecule has 0 aliphatic rings. The molecule has 3 amide bonds. The summed E-state index contributed by atoms with van der Waals surface area (Å²) in [5.74, 6) is 0.229. The average molecular weight is 486 g/mol. The van der Waals surface area contributed by atoms with Crippen molar-refractivity contribution in [2.45, 2.75) is 46.2 Å². The second kappa shape index (κ2) is 9.72. The topological polar surface area (TPSA) is 117 Å². The fraction of sp³-hybridized carbons (Fsp3) is 0.333. The molecule has 180 valence electrons. The molecular formula is C24H28ClN5O4. The van der Waals surface area contributed by atoms with Gasteiger partial charge in [-0.1, -0.05) is 23.7 Å². The smallest absolute Gasteiger partial charge is 0.408 e. The van der Waals surface area contributed by atoms with E-state index in [4.69, 9.17) is 11.6 Å². The number of nitrogens with one attached hydrogen (secondary N) is 2. The maximum atomic E-state index is 13.7. The van der Waals surface area contributed by atoms with Crippen LogP contribution in [0.25, 0.3) is 16.6 Å². The van der Waals surface area contributed by atoms with Crippen LogP contribution in [0.15, 0.2) is 47.3 Å². The van der Waals surface area contributed by atoms with Crippen molar-refractivity contribution in [2.75, 3.05) is 11.9 Å². The van der Waals surface area contributed by atoms with E-state index in [0.29, 0.717) is 23.4 Å². The van der Waals surface area contributed by atoms with Gasteiger partial charge in [0.25, 0.3) is 5.56 Å². The molecule has 0 aliphatic heterocycles. The standard InChI is InChI=1S/C24H28ClN5O4/c1-6-26-22(32)27-15-9-7-10-16(13-15)29-20(14(2)30(23(33)34)24(3,4)5)28-18-12-8-11-17(25)19(18)21(29)31/h7-14H,6H2,1-5H3,(H,33,34)(H2,26,27,32). The van der Waals surface area contributed by atoms with Crippen molar-refractivity contribution in [3.05, 3.63) is 63.7 Å². The number of anilines is 1. The summed E-state index contributed by atoms with van der Waals surface area (Å²) >= 11 is 6.35. The van der Waals surface area contributed by atoms with E-state index in [1.165, 1.54) is 9.47 Å². The first-order valence-electron chi connectivity index (χ1n) is 10.8. The number of carbonyl (C=O) groups excluding carboxylic acids is 1. The summed E-state index contributed by atoms with van der Waals surface area (Å²) in [5, 5.41) is 15.8. The van der Waals surface area contributed by atoms with E-state index in [1.54, 1.807) is 77.1 Å². The number of nitrogens with zero attached hydrogens (tertiary/aromatic N) is 3. The van der Waals surface area contributed by atoms with Gasteiger partial charge in [0.05, 0.1) is 27.7 Å². The number of urea groups is 1. The van der Waals surface area contributed by atoms with Crippen molar-refractivity contribution < 1.29 is 14.7 Å². The number of rotatable bonds is 5. The van der Waals surface area contributed by atoms with Gasteiger partial charge in [-0.2, -0.15) is 0 Å². The lowest BCUT2D eigenvalue weighted by Gasteiger charge is -2.38. The average Bonchev–Trinajstić information content (AvgIpc) is 2.72. The Hall–Kier alpha value is -3.59. The summed E-state index contributed by atoms with van der Waals surface area (Å²) in [6.07, 6.45) is -1.14. The first-order chi connectivity index (χ1) is 16.0. The third-order valence-electron chi connectivity index (χ3n) is 5.26. The third kappa shape index (κ3) is 4.99. The Kier molecular flexibility index (Phi) is 7.16. The molecule has 3 N–H and O–H groups in total. The predicted molar refractivity (Wildman–Crippen MR) is 133 cm³/mol. The first kappa shape index (κ1) is 25.0. The van der Waals surface area contributed by atoms with Crippen LogP contribution in [0.3, 0.4) is 0 Å². The Balaban J connectivity index is 2.30. The Bertz CT molecular complexity index is 1300. The molecule has 0 aliphatic carbocycles. The molecule has 0 bridgehead atoms. The molecule has 2 aromatic carbocycles. The highest BCUT2D eigenvalue weighted by Crippen LogP contribution is 2.30. The summed E-state index contributed by atoms with van der Waals surface area (Å²) in [6.45, 7) is 9.26. The number of benzene rings is 2. The minimum Gasteiger partial charge on any atom is -0.465 e. The maximum Gasteiger partial charge on any atom is 0.408 e. The normalized spacial score (nSPS) is 12.3. The van der Waals surface area contributed by atoms with Crippen molar-refractivity contribution >= 4 is 40.3 Å². The number of carbonyl (C=O) groups is 2. The van der Waals surface area contributed by atoms with Crippen molar-refractivity contribution in [1.82, 2.24) is 19.8 Å². The molecule has 10 heteroatoms. The van der Waals surface area contributed by atoms with Crippen molar-refractivity contribution in [1.29, 1.82) is 0 Å². The quantitative estimate of drug-likeness (QED) is 0.469. The molecule has 1 aromatic heterocycles. The molecule has 0 fully saturated rings. The second-order valence-electron chi connectivity index (χ2n) is 8.78. The lowest BCUT2D eigenvalue weighted by atomic mass is 10.0. The summed E-state index contributed by atoms with van der Waals surface area (Å²) in [5.41, 5.74) is 0.0331. The molecule has 34 heavy (non-hydrogen) atoms. The minimum atomic E-state index is -1.14. The molecule has 1 heterocycles. The number of aromatic nitrogens is 2. The van der Waals surface area contributed by atoms with Crippen LogP contribution in [0.2, 0.25) is 5.02 Å². The summed E-state index contributed by atoms with van der Waals surface area (Å²) in [4.78, 5) is 43.8. The van der Waals surface area contributed by atoms with Gasteiger partial charge in [0.15, 0.2) is 0 Å². The Morgan fingerprint density at radius 3 is 2.50 bits per heavy atom. The van der Waals surface area contributed by atoms with Gasteiger partial charge in [-0.05, 0) is 65.0 Å². The highest BCUT2D eigenvalue weighted by molar-refractivity contribution is 6.35. The third-order valence-corrected chi connectivity index (χ3v) is 5.58. The number of hydrogen-bond acceptors (Lipinski definition) is 4. The highest BCUT2D eigenvalue weighted by Gasteiger charge is 2.34. The number of hydrogen-bond donors (Lipinski definition) is 3. The first-order valence-corrected chi connectivity index (χ1v) is 11.2. The predicted octanol–water partition coefficient (Wildman–Crippen LogP) is 5.02. The second-order valence-corrected chi connectivity index (χ2v) is 9.19. The van der Waals surface area contributed by atoms with Crippen LogP contribution in [-0.2, 0) is 0 Å². The van der Waals surface area contributed by atoms with E-state index in [-0.39, 0.29) is 22.3 Å². The zero-order chi connectivity index (χ0) is 25.2. The molecule has 3 rings (SSSR count). The molecule has 0 radical (unpaired) electrons. The fourth-order valence-corrected chi connectivity index (χ4v) is 4.19. The number of carboxylic acid groups (broad SMARTS) is 1. The van der Waals surface area contributed by atoms with Gasteiger partial charge in [-0.15, -0.1) is 0 Å². The Labute approximate surface area is 202 Å². The van der Waals surface area contributed by atoms with Crippen LogP contribution < -0.4 is 16.2 Å². The monoisotopic (exact) mass is 485 g/mol. The molecule has 0 spiro atoms. The van der Waals surface area contributed by atoms with Gasteiger partial charge in [-0.3, -0.25) is 14.3 Å². The van der Waals surface area contributed by atoms with Gasteiger partial charge >= 0.3 is 12.1 Å². The van der Waals surface area contributed by atoms with E-state index < -0.39 is 23.2 Å². The molecule has 0 saturated heterocycles. The lowest BCUT2D eigenvalue weighted by Crippen LogP contribution is -2.47. The molecule has 1 unspecified atom stereocenters. The van der Waals surface area contributed by atoms with Crippen molar-refractivity contribution in [3.8, 4) is 5.69 Å². The molecule has 0 saturated carbocycles. The molecule has 9 nitrogen and oxygen atoms in total. The van der Waals surface area contributed by atoms with E-state index in [0.717, 1.165) is 0 Å². The van der Waals surface area contributed by atoms with Crippen molar-refractivity contribution in [2.24, 2.45) is 0 Å². The van der Waals surface area contributed by atoms with Gasteiger partial charge < -0.3 is 15.7 Å². The Morgan fingerprint density at radius 2 is 1.88 bits per heavy atom. The maximum absolute atomic E-state index is 13.7. The van der Waals surface area contributed by atoms with Crippen LogP contribution in [0.1, 0.15) is 46.5 Å². The SMILES string of the molecule is CCNC(=O)Nc1cccc(-n2c(C(C)N(C(=O)O)C(C)(C)C)nc3cccc(Cl)c3c2=O)c1. The largest absolute Gasteiger partial charge is 0.465 e. The Morgan fingerprint density at radius 1 is 1.21 bits per heavy atom. The molecule has 1 atom stereocenters. The fourth-order valence-electron chi connectivity index (χ4n) is 3.94. The van der Waals surface area contributed by atoms with Crippen LogP contribution in [-0.4, -0.2) is 43.8 Å². The highest BCUT2D eigenvalue weighted by atomic mass is 35.5. The van der Waals surface area contributed by atoms with Crippen LogP contribution in [0.5, 0.6) is 0 Å². The van der Waals surface area contributed by atoms with E-state index >= 15 is 0 Å². The zero-order valence-electron chi connectivity index (χ0n) is 19.7. The van der Waals surface area contributed by atoms with Gasteiger partial charge in [0, 0.05) is 17.8 Å². The van der Waals surface area contributed by atoms with Crippen LogP contribution in [0, 0.1) is 0 Å². The van der Waals surface area contributed by atoms with E-state index in [2.05, 4.69) is 15.6 Å².